The standard InChI is InChI=1S/C14H22N4O/c1-10-5-6-17-14(12(10)13(15)16)18(2)8-11-4-3-7-19-9-11/h5-6,11H,3-4,7-9H2,1-2H3,(H3,15,16). The van der Waals surface area contributed by atoms with Gasteiger partial charge in [-0.3, -0.25) is 5.41 Å². The molecular formula is C14H22N4O. The first-order valence-corrected chi connectivity index (χ1v) is 6.68. The first kappa shape index (κ1) is 13.8. The van der Waals surface area contributed by atoms with Crippen LogP contribution in [0.1, 0.15) is 24.0 Å². The van der Waals surface area contributed by atoms with Crippen molar-refractivity contribution in [2.24, 2.45) is 11.7 Å². The van der Waals surface area contributed by atoms with Crippen LogP contribution in [0.5, 0.6) is 0 Å². The lowest BCUT2D eigenvalue weighted by atomic mass is 10.0. The quantitative estimate of drug-likeness (QED) is 0.637. The highest BCUT2D eigenvalue weighted by Gasteiger charge is 2.19. The number of nitrogens with two attached hydrogens (primary N) is 1. The Morgan fingerprint density at radius 2 is 2.42 bits per heavy atom. The van der Waals surface area contributed by atoms with Crippen molar-refractivity contribution < 1.29 is 4.74 Å². The number of anilines is 1. The highest BCUT2D eigenvalue weighted by molar-refractivity contribution is 6.00. The summed E-state index contributed by atoms with van der Waals surface area (Å²) in [6, 6.07) is 1.89. The van der Waals surface area contributed by atoms with Gasteiger partial charge in [0.05, 0.1) is 12.2 Å². The van der Waals surface area contributed by atoms with Gasteiger partial charge < -0.3 is 15.4 Å². The highest BCUT2D eigenvalue weighted by atomic mass is 16.5. The Bertz CT molecular complexity index is 455. The van der Waals surface area contributed by atoms with E-state index >= 15 is 0 Å². The zero-order valence-corrected chi connectivity index (χ0v) is 11.6. The van der Waals surface area contributed by atoms with Crippen LogP contribution in [0.15, 0.2) is 12.3 Å². The van der Waals surface area contributed by atoms with Crippen LogP contribution in [-0.4, -0.2) is 37.6 Å². The molecule has 1 aliphatic rings. The number of hydrogen-bond donors (Lipinski definition) is 2. The van der Waals surface area contributed by atoms with Crippen LogP contribution in [0.25, 0.3) is 0 Å². The van der Waals surface area contributed by atoms with E-state index in [2.05, 4.69) is 9.88 Å². The minimum absolute atomic E-state index is 0.0762. The van der Waals surface area contributed by atoms with Gasteiger partial charge in [0.15, 0.2) is 0 Å². The second kappa shape index (κ2) is 6.02. The third kappa shape index (κ3) is 3.23. The summed E-state index contributed by atoms with van der Waals surface area (Å²) in [7, 11) is 2.00. The molecule has 1 fully saturated rings. The minimum Gasteiger partial charge on any atom is -0.384 e. The van der Waals surface area contributed by atoms with E-state index in [1.165, 1.54) is 6.42 Å². The van der Waals surface area contributed by atoms with Crippen LogP contribution < -0.4 is 10.6 Å². The maximum Gasteiger partial charge on any atom is 0.139 e. The molecule has 0 amide bonds. The van der Waals surface area contributed by atoms with Crippen molar-refractivity contribution in [1.29, 1.82) is 5.41 Å². The van der Waals surface area contributed by atoms with Crippen molar-refractivity contribution in [2.75, 3.05) is 31.7 Å². The summed E-state index contributed by atoms with van der Waals surface area (Å²) >= 11 is 0. The van der Waals surface area contributed by atoms with Gasteiger partial charge in [-0.25, -0.2) is 4.98 Å². The topological polar surface area (TPSA) is 75.2 Å². The van der Waals surface area contributed by atoms with Crippen molar-refractivity contribution in [2.45, 2.75) is 19.8 Å². The van der Waals surface area contributed by atoms with Crippen molar-refractivity contribution in [3.05, 3.63) is 23.4 Å². The molecular weight excluding hydrogens is 240 g/mol. The third-order valence-electron chi connectivity index (χ3n) is 3.56. The van der Waals surface area contributed by atoms with E-state index in [9.17, 15) is 0 Å². The van der Waals surface area contributed by atoms with Gasteiger partial charge in [-0.05, 0) is 37.3 Å². The number of ether oxygens (including phenoxy) is 1. The molecule has 0 saturated carbocycles. The molecule has 0 aliphatic carbocycles. The van der Waals surface area contributed by atoms with Gasteiger partial charge in [0.25, 0.3) is 0 Å². The van der Waals surface area contributed by atoms with Gasteiger partial charge in [-0.15, -0.1) is 0 Å². The molecule has 5 heteroatoms. The van der Waals surface area contributed by atoms with Crippen LogP contribution >= 0.6 is 0 Å². The molecule has 0 spiro atoms. The van der Waals surface area contributed by atoms with Crippen molar-refractivity contribution in [1.82, 2.24) is 4.98 Å². The van der Waals surface area contributed by atoms with Gasteiger partial charge in [0, 0.05) is 26.4 Å². The molecule has 1 saturated heterocycles. The average molecular weight is 262 g/mol. The van der Waals surface area contributed by atoms with E-state index in [1.807, 2.05) is 20.0 Å². The summed E-state index contributed by atoms with van der Waals surface area (Å²) in [6.07, 6.45) is 4.08. The second-order valence-electron chi connectivity index (χ2n) is 5.20. The van der Waals surface area contributed by atoms with E-state index < -0.39 is 0 Å². The van der Waals surface area contributed by atoms with E-state index in [1.54, 1.807) is 6.20 Å². The second-order valence-corrected chi connectivity index (χ2v) is 5.20. The van der Waals surface area contributed by atoms with Crippen LogP contribution in [0.2, 0.25) is 0 Å². The molecule has 3 N–H and O–H groups in total. The van der Waals surface area contributed by atoms with Crippen molar-refractivity contribution in [3.63, 3.8) is 0 Å². The maximum atomic E-state index is 7.72. The molecule has 1 aliphatic heterocycles. The number of nitrogen functional groups attached to an aromatic ring is 1. The van der Waals surface area contributed by atoms with Gasteiger partial charge >= 0.3 is 0 Å². The zero-order chi connectivity index (χ0) is 13.8. The van der Waals surface area contributed by atoms with E-state index in [0.29, 0.717) is 5.92 Å². The number of rotatable bonds is 4. The molecule has 1 unspecified atom stereocenters. The van der Waals surface area contributed by atoms with Crippen molar-refractivity contribution >= 4 is 11.7 Å². The maximum absolute atomic E-state index is 7.72. The number of nitrogens with one attached hydrogen (secondary N) is 1. The Kier molecular flexibility index (Phi) is 4.37. The number of aryl methyl sites for hydroxylation is 1. The van der Waals surface area contributed by atoms with Gasteiger partial charge in [0.2, 0.25) is 0 Å². The monoisotopic (exact) mass is 262 g/mol. The summed E-state index contributed by atoms with van der Waals surface area (Å²) in [4.78, 5) is 6.48. The molecule has 2 heterocycles. The summed E-state index contributed by atoms with van der Waals surface area (Å²) in [5.74, 6) is 1.39. The lowest BCUT2D eigenvalue weighted by Crippen LogP contribution is -2.33. The average Bonchev–Trinajstić information content (AvgIpc) is 2.39. The molecule has 0 aromatic carbocycles. The van der Waals surface area contributed by atoms with Gasteiger partial charge in [0.1, 0.15) is 11.7 Å². The Hall–Kier alpha value is -1.62. The molecule has 1 aromatic rings. The molecule has 1 atom stereocenters. The van der Waals surface area contributed by atoms with Crippen LogP contribution in [-0.2, 0) is 4.74 Å². The van der Waals surface area contributed by atoms with E-state index in [-0.39, 0.29) is 5.84 Å². The summed E-state index contributed by atoms with van der Waals surface area (Å²) in [5.41, 5.74) is 7.41. The minimum atomic E-state index is 0.0762. The van der Waals surface area contributed by atoms with Crippen LogP contribution in [0.3, 0.4) is 0 Å². The normalized spacial score (nSPS) is 19.2. The largest absolute Gasteiger partial charge is 0.384 e. The smallest absolute Gasteiger partial charge is 0.139 e. The van der Waals surface area contributed by atoms with Crippen LogP contribution in [0.4, 0.5) is 5.82 Å². The number of hydrogen-bond acceptors (Lipinski definition) is 4. The first-order valence-electron chi connectivity index (χ1n) is 6.68. The number of aromatic nitrogens is 1. The molecule has 5 nitrogen and oxygen atoms in total. The molecule has 0 radical (unpaired) electrons. The number of amidine groups is 1. The first-order chi connectivity index (χ1) is 9.09. The molecule has 19 heavy (non-hydrogen) atoms. The number of pyridine rings is 1. The SMILES string of the molecule is Cc1ccnc(N(C)CC2CCCOC2)c1C(=N)N. The van der Waals surface area contributed by atoms with E-state index in [0.717, 1.165) is 43.1 Å². The van der Waals surface area contributed by atoms with Crippen LogP contribution in [0, 0.1) is 18.3 Å². The molecule has 1 aromatic heterocycles. The zero-order valence-electron chi connectivity index (χ0n) is 11.6. The van der Waals surface area contributed by atoms with E-state index in [4.69, 9.17) is 15.9 Å². The Morgan fingerprint density at radius 3 is 3.05 bits per heavy atom. The predicted molar refractivity (Wildman–Crippen MR) is 76.8 cm³/mol. The fourth-order valence-electron chi connectivity index (χ4n) is 2.59. The lowest BCUT2D eigenvalue weighted by molar-refractivity contribution is 0.0576. The fraction of sp³-hybridized carbons (Fsp3) is 0.571. The number of nitrogens with zero attached hydrogens (tertiary/aromatic N) is 2. The summed E-state index contributed by atoms with van der Waals surface area (Å²) in [5, 5.41) is 7.72. The van der Waals surface area contributed by atoms with Gasteiger partial charge in [-0.1, -0.05) is 0 Å². The summed E-state index contributed by atoms with van der Waals surface area (Å²) in [6.45, 7) is 4.53. The fourth-order valence-corrected chi connectivity index (χ4v) is 2.59. The molecule has 0 bridgehead atoms. The highest BCUT2D eigenvalue weighted by Crippen LogP contribution is 2.22. The predicted octanol–water partition coefficient (Wildman–Crippen LogP) is 1.54. The Morgan fingerprint density at radius 1 is 1.63 bits per heavy atom. The molecule has 104 valence electrons. The van der Waals surface area contributed by atoms with Crippen molar-refractivity contribution in [3.8, 4) is 0 Å². The Balaban J connectivity index is 2.16. The lowest BCUT2D eigenvalue weighted by Gasteiger charge is -2.29. The third-order valence-corrected chi connectivity index (χ3v) is 3.56. The molecule has 2 rings (SSSR count). The Labute approximate surface area is 114 Å². The van der Waals surface area contributed by atoms with Gasteiger partial charge in [-0.2, -0.15) is 0 Å². The summed E-state index contributed by atoms with van der Waals surface area (Å²) < 4.78 is 5.51.